The lowest BCUT2D eigenvalue weighted by molar-refractivity contribution is 0.285. The maximum atomic E-state index is 8.90. The lowest BCUT2D eigenvalue weighted by Crippen LogP contribution is -1.98. The fourth-order valence-corrected chi connectivity index (χ4v) is 2.93. The lowest BCUT2D eigenvalue weighted by Gasteiger charge is -2.12. The molecular formula is C26H28O3. The highest BCUT2D eigenvalue weighted by atomic mass is 16.5. The predicted octanol–water partition coefficient (Wildman–Crippen LogP) is 6.02. The summed E-state index contributed by atoms with van der Waals surface area (Å²) in [6.45, 7) is 1.28. The molecule has 0 aliphatic rings. The SMILES string of the molecule is OCCCC/C=C/c1cc(OCc2ccccc2)cc(OCc2ccccc2)c1. The van der Waals surface area contributed by atoms with E-state index in [0.717, 1.165) is 47.5 Å². The molecule has 3 aromatic carbocycles. The van der Waals surface area contributed by atoms with Crippen LogP contribution in [0.15, 0.2) is 84.9 Å². The minimum Gasteiger partial charge on any atom is -0.489 e. The summed E-state index contributed by atoms with van der Waals surface area (Å²) in [7, 11) is 0. The minimum atomic E-state index is 0.244. The van der Waals surface area contributed by atoms with E-state index in [2.05, 4.69) is 36.4 Å². The number of allylic oxidation sites excluding steroid dienone is 1. The summed E-state index contributed by atoms with van der Waals surface area (Å²) in [5.41, 5.74) is 3.30. The molecule has 0 heterocycles. The quantitative estimate of drug-likeness (QED) is 0.408. The standard InChI is InChI=1S/C26H28O3/c27-16-10-2-1-5-15-24-17-25(28-20-22-11-6-3-7-12-22)19-26(18-24)29-21-23-13-8-4-9-14-23/h3-9,11-15,17-19,27H,1-2,10,16,20-21H2/b15-5+. The fraction of sp³-hybridized carbons (Fsp3) is 0.231. The lowest BCUT2D eigenvalue weighted by atomic mass is 10.1. The molecule has 0 atom stereocenters. The van der Waals surface area contributed by atoms with Gasteiger partial charge >= 0.3 is 0 Å². The molecule has 29 heavy (non-hydrogen) atoms. The first-order valence-electron chi connectivity index (χ1n) is 10.1. The van der Waals surface area contributed by atoms with Gasteiger partial charge in [0, 0.05) is 12.7 Å². The van der Waals surface area contributed by atoms with Crippen molar-refractivity contribution in [3.8, 4) is 11.5 Å². The molecular weight excluding hydrogens is 360 g/mol. The van der Waals surface area contributed by atoms with Gasteiger partial charge in [-0.3, -0.25) is 0 Å². The van der Waals surface area contributed by atoms with E-state index in [0.29, 0.717) is 13.2 Å². The third-order valence-electron chi connectivity index (χ3n) is 4.49. The zero-order valence-corrected chi connectivity index (χ0v) is 16.7. The zero-order valence-electron chi connectivity index (χ0n) is 16.7. The molecule has 0 saturated carbocycles. The van der Waals surface area contributed by atoms with Gasteiger partial charge in [0.05, 0.1) is 0 Å². The van der Waals surface area contributed by atoms with Crippen molar-refractivity contribution in [1.29, 1.82) is 0 Å². The van der Waals surface area contributed by atoms with Crippen LogP contribution in [0.5, 0.6) is 11.5 Å². The second-order valence-corrected chi connectivity index (χ2v) is 6.91. The summed E-state index contributed by atoms with van der Waals surface area (Å²) in [5, 5.41) is 8.90. The average molecular weight is 389 g/mol. The van der Waals surface area contributed by atoms with Crippen molar-refractivity contribution < 1.29 is 14.6 Å². The van der Waals surface area contributed by atoms with Crippen LogP contribution in [0.2, 0.25) is 0 Å². The summed E-state index contributed by atoms with van der Waals surface area (Å²) < 4.78 is 12.0. The highest BCUT2D eigenvalue weighted by Gasteiger charge is 2.04. The van der Waals surface area contributed by atoms with Crippen molar-refractivity contribution >= 4 is 6.08 Å². The Hall–Kier alpha value is -3.04. The molecule has 0 aliphatic heterocycles. The van der Waals surface area contributed by atoms with Gasteiger partial charge in [0.2, 0.25) is 0 Å². The van der Waals surface area contributed by atoms with E-state index in [9.17, 15) is 0 Å². The smallest absolute Gasteiger partial charge is 0.124 e. The van der Waals surface area contributed by atoms with E-state index in [1.54, 1.807) is 0 Å². The Morgan fingerprint density at radius 2 is 1.24 bits per heavy atom. The first-order valence-corrected chi connectivity index (χ1v) is 10.1. The largest absolute Gasteiger partial charge is 0.489 e. The number of rotatable bonds is 11. The van der Waals surface area contributed by atoms with E-state index in [-0.39, 0.29) is 6.61 Å². The van der Waals surface area contributed by atoms with Crippen molar-refractivity contribution in [2.24, 2.45) is 0 Å². The number of unbranched alkanes of at least 4 members (excludes halogenated alkanes) is 2. The second kappa shape index (κ2) is 11.7. The molecule has 3 aromatic rings. The number of aliphatic hydroxyl groups excluding tert-OH is 1. The third-order valence-corrected chi connectivity index (χ3v) is 4.49. The zero-order chi connectivity index (χ0) is 20.2. The number of ether oxygens (including phenoxy) is 2. The van der Waals surface area contributed by atoms with Crippen LogP contribution in [-0.4, -0.2) is 11.7 Å². The summed E-state index contributed by atoms with van der Waals surface area (Å²) in [4.78, 5) is 0. The van der Waals surface area contributed by atoms with Gasteiger partial charge in [-0.25, -0.2) is 0 Å². The van der Waals surface area contributed by atoms with Crippen molar-refractivity contribution in [2.45, 2.75) is 32.5 Å². The predicted molar refractivity (Wildman–Crippen MR) is 118 cm³/mol. The van der Waals surface area contributed by atoms with E-state index < -0.39 is 0 Å². The molecule has 3 rings (SSSR count). The number of hydrogen-bond acceptors (Lipinski definition) is 3. The van der Waals surface area contributed by atoms with Gasteiger partial charge < -0.3 is 14.6 Å². The number of aliphatic hydroxyl groups is 1. The monoisotopic (exact) mass is 388 g/mol. The molecule has 0 unspecified atom stereocenters. The van der Waals surface area contributed by atoms with E-state index in [1.807, 2.05) is 54.6 Å². The maximum absolute atomic E-state index is 8.90. The molecule has 0 fully saturated rings. The number of benzene rings is 3. The molecule has 0 saturated heterocycles. The van der Waals surface area contributed by atoms with Crippen molar-refractivity contribution in [3.63, 3.8) is 0 Å². The molecule has 1 N–H and O–H groups in total. The Bertz CT molecular complexity index is 811. The molecule has 0 radical (unpaired) electrons. The third kappa shape index (κ3) is 7.47. The summed E-state index contributed by atoms with van der Waals surface area (Å²) in [6.07, 6.45) is 6.97. The van der Waals surface area contributed by atoms with E-state index in [4.69, 9.17) is 14.6 Å². The Morgan fingerprint density at radius 1 is 0.690 bits per heavy atom. The molecule has 0 spiro atoms. The van der Waals surface area contributed by atoms with Crippen LogP contribution in [0.1, 0.15) is 36.0 Å². The van der Waals surface area contributed by atoms with Gasteiger partial charge in [-0.1, -0.05) is 72.8 Å². The highest BCUT2D eigenvalue weighted by Crippen LogP contribution is 2.26. The fourth-order valence-electron chi connectivity index (χ4n) is 2.93. The van der Waals surface area contributed by atoms with Crippen LogP contribution < -0.4 is 9.47 Å². The van der Waals surface area contributed by atoms with Crippen LogP contribution in [0, 0.1) is 0 Å². The molecule has 150 valence electrons. The maximum Gasteiger partial charge on any atom is 0.124 e. The normalized spacial score (nSPS) is 10.9. The Labute approximate surface area is 173 Å². The molecule has 0 amide bonds. The first-order chi connectivity index (χ1) is 14.3. The van der Waals surface area contributed by atoms with Crippen molar-refractivity contribution in [3.05, 3.63) is 102 Å². The van der Waals surface area contributed by atoms with E-state index in [1.165, 1.54) is 0 Å². The topological polar surface area (TPSA) is 38.7 Å². The van der Waals surface area contributed by atoms with Crippen LogP contribution in [0.3, 0.4) is 0 Å². The Balaban J connectivity index is 1.69. The molecule has 0 bridgehead atoms. The second-order valence-electron chi connectivity index (χ2n) is 6.91. The Morgan fingerprint density at radius 3 is 1.76 bits per heavy atom. The average Bonchev–Trinajstić information content (AvgIpc) is 2.77. The van der Waals surface area contributed by atoms with Gasteiger partial charge in [0.1, 0.15) is 24.7 Å². The minimum absolute atomic E-state index is 0.244. The summed E-state index contributed by atoms with van der Waals surface area (Å²) in [6, 6.07) is 26.3. The van der Waals surface area contributed by atoms with Crippen LogP contribution in [-0.2, 0) is 13.2 Å². The van der Waals surface area contributed by atoms with Crippen LogP contribution in [0.4, 0.5) is 0 Å². The summed E-state index contributed by atoms with van der Waals surface area (Å²) >= 11 is 0. The summed E-state index contributed by atoms with van der Waals surface area (Å²) in [5.74, 6) is 1.57. The van der Waals surface area contributed by atoms with Crippen LogP contribution in [0.25, 0.3) is 6.08 Å². The van der Waals surface area contributed by atoms with Gasteiger partial charge in [-0.05, 0) is 48.1 Å². The van der Waals surface area contributed by atoms with Crippen LogP contribution >= 0.6 is 0 Å². The van der Waals surface area contributed by atoms with Gasteiger partial charge in [0.15, 0.2) is 0 Å². The van der Waals surface area contributed by atoms with Gasteiger partial charge in [-0.15, -0.1) is 0 Å². The highest BCUT2D eigenvalue weighted by molar-refractivity contribution is 5.55. The molecule has 3 nitrogen and oxygen atoms in total. The van der Waals surface area contributed by atoms with E-state index >= 15 is 0 Å². The molecule has 3 heteroatoms. The van der Waals surface area contributed by atoms with Crippen molar-refractivity contribution in [1.82, 2.24) is 0 Å². The van der Waals surface area contributed by atoms with Gasteiger partial charge in [0.25, 0.3) is 0 Å². The number of hydrogen-bond donors (Lipinski definition) is 1. The molecule has 0 aromatic heterocycles. The first kappa shape index (κ1) is 20.7. The van der Waals surface area contributed by atoms with Gasteiger partial charge in [-0.2, -0.15) is 0 Å². The van der Waals surface area contributed by atoms with Crippen molar-refractivity contribution in [2.75, 3.05) is 6.61 Å². The molecule has 0 aliphatic carbocycles. The Kier molecular flexibility index (Phi) is 8.36.